The van der Waals surface area contributed by atoms with Crippen molar-refractivity contribution in [1.82, 2.24) is 15.0 Å². The van der Waals surface area contributed by atoms with Crippen molar-refractivity contribution in [3.63, 3.8) is 0 Å². The molecular formula is C15H23N3S. The van der Waals surface area contributed by atoms with Gasteiger partial charge in [-0.3, -0.25) is 0 Å². The van der Waals surface area contributed by atoms with Crippen LogP contribution in [0.4, 0.5) is 0 Å². The lowest BCUT2D eigenvalue weighted by molar-refractivity contribution is 0.276. The molecule has 0 fully saturated rings. The van der Waals surface area contributed by atoms with Crippen LogP contribution in [-0.2, 0) is 4.87 Å². The summed E-state index contributed by atoms with van der Waals surface area (Å²) >= 11 is 1.90. The molecule has 2 aromatic rings. The molecule has 0 aliphatic rings. The minimum atomic E-state index is 0.00606. The third-order valence-corrected chi connectivity index (χ3v) is 5.41. The number of thioether (sulfide) groups is 1. The first-order chi connectivity index (χ1) is 9.15. The molecule has 1 atom stereocenters. The van der Waals surface area contributed by atoms with E-state index in [4.69, 9.17) is 0 Å². The van der Waals surface area contributed by atoms with E-state index in [1.165, 1.54) is 12.8 Å². The summed E-state index contributed by atoms with van der Waals surface area (Å²) in [4.78, 5) is 0.00606. The van der Waals surface area contributed by atoms with Gasteiger partial charge < -0.3 is 0 Å². The molecule has 0 amide bonds. The fourth-order valence-corrected chi connectivity index (χ4v) is 3.77. The number of nitrogens with zero attached hydrogens (tertiary/aromatic N) is 3. The normalized spacial score (nSPS) is 15.0. The molecule has 1 aromatic heterocycles. The second-order valence-corrected chi connectivity index (χ2v) is 6.41. The first-order valence-corrected chi connectivity index (χ1v) is 8.24. The van der Waals surface area contributed by atoms with E-state index in [0.717, 1.165) is 17.5 Å². The third kappa shape index (κ3) is 2.50. The monoisotopic (exact) mass is 277 g/mol. The van der Waals surface area contributed by atoms with Crippen molar-refractivity contribution in [2.24, 2.45) is 5.92 Å². The molecule has 0 N–H and O–H groups in total. The number of rotatable bonds is 6. The van der Waals surface area contributed by atoms with Crippen LogP contribution in [0.1, 0.15) is 40.0 Å². The molecule has 1 aromatic carbocycles. The zero-order valence-electron chi connectivity index (χ0n) is 12.3. The van der Waals surface area contributed by atoms with Crippen LogP contribution in [-0.4, -0.2) is 21.2 Å². The van der Waals surface area contributed by atoms with Gasteiger partial charge in [0.2, 0.25) is 0 Å². The number of hydrogen-bond acceptors (Lipinski definition) is 3. The summed E-state index contributed by atoms with van der Waals surface area (Å²) in [5, 5.41) is 8.78. The van der Waals surface area contributed by atoms with E-state index in [9.17, 15) is 0 Å². The van der Waals surface area contributed by atoms with Crippen molar-refractivity contribution < 1.29 is 0 Å². The maximum absolute atomic E-state index is 4.46. The molecule has 4 heteroatoms. The van der Waals surface area contributed by atoms with Crippen molar-refractivity contribution in [3.8, 4) is 0 Å². The number of hydrogen-bond donors (Lipinski definition) is 0. The van der Waals surface area contributed by atoms with E-state index in [2.05, 4.69) is 54.2 Å². The molecular weight excluding hydrogens is 254 g/mol. The molecule has 1 heterocycles. The Hall–Kier alpha value is -1.03. The zero-order chi connectivity index (χ0) is 13.9. The van der Waals surface area contributed by atoms with Gasteiger partial charge in [0.1, 0.15) is 10.4 Å². The Morgan fingerprint density at radius 3 is 2.68 bits per heavy atom. The molecule has 0 radical (unpaired) electrons. The molecule has 3 nitrogen and oxygen atoms in total. The fraction of sp³-hybridized carbons (Fsp3) is 0.600. The van der Waals surface area contributed by atoms with Crippen molar-refractivity contribution in [3.05, 3.63) is 24.3 Å². The maximum Gasteiger partial charge on any atom is 0.113 e. The molecule has 0 bridgehead atoms. The lowest BCUT2D eigenvalue weighted by Gasteiger charge is -2.36. The largest absolute Gasteiger partial charge is 0.228 e. The van der Waals surface area contributed by atoms with Crippen LogP contribution in [0.5, 0.6) is 0 Å². The summed E-state index contributed by atoms with van der Waals surface area (Å²) in [7, 11) is 0. The van der Waals surface area contributed by atoms with Gasteiger partial charge in [-0.15, -0.1) is 16.9 Å². The van der Waals surface area contributed by atoms with Gasteiger partial charge in [-0.25, -0.2) is 4.68 Å². The van der Waals surface area contributed by atoms with Crippen molar-refractivity contribution in [1.29, 1.82) is 0 Å². The molecule has 104 valence electrons. The van der Waals surface area contributed by atoms with Crippen LogP contribution in [0.15, 0.2) is 24.3 Å². The fourth-order valence-electron chi connectivity index (χ4n) is 2.64. The van der Waals surface area contributed by atoms with Crippen LogP contribution in [0, 0.1) is 5.92 Å². The number of para-hydroxylation sites is 1. The smallest absolute Gasteiger partial charge is 0.113 e. The van der Waals surface area contributed by atoms with Crippen molar-refractivity contribution in [2.75, 3.05) is 6.26 Å². The van der Waals surface area contributed by atoms with E-state index in [0.29, 0.717) is 5.92 Å². The van der Waals surface area contributed by atoms with E-state index in [1.807, 2.05) is 23.9 Å². The summed E-state index contributed by atoms with van der Waals surface area (Å²) in [6.07, 6.45) is 5.75. The average molecular weight is 277 g/mol. The number of fused-ring (bicyclic) bond motifs is 1. The van der Waals surface area contributed by atoms with E-state index >= 15 is 0 Å². The minimum Gasteiger partial charge on any atom is -0.228 e. The van der Waals surface area contributed by atoms with Gasteiger partial charge in [-0.1, -0.05) is 51.0 Å². The SMILES string of the molecule is CCCCC(SC)(C(C)C)n1nnc2ccccc21. The Morgan fingerprint density at radius 1 is 1.32 bits per heavy atom. The summed E-state index contributed by atoms with van der Waals surface area (Å²) in [5.41, 5.74) is 2.12. The predicted molar refractivity (Wildman–Crippen MR) is 83.4 cm³/mol. The van der Waals surface area contributed by atoms with Gasteiger partial charge in [0.25, 0.3) is 0 Å². The second-order valence-electron chi connectivity index (χ2n) is 5.30. The summed E-state index contributed by atoms with van der Waals surface area (Å²) in [6.45, 7) is 6.80. The molecule has 0 saturated carbocycles. The maximum atomic E-state index is 4.46. The van der Waals surface area contributed by atoms with Crippen LogP contribution in [0.3, 0.4) is 0 Å². The lowest BCUT2D eigenvalue weighted by atomic mass is 9.97. The lowest BCUT2D eigenvalue weighted by Crippen LogP contribution is -2.36. The highest BCUT2D eigenvalue weighted by Gasteiger charge is 2.36. The molecule has 0 aliphatic carbocycles. The van der Waals surface area contributed by atoms with Crippen molar-refractivity contribution >= 4 is 22.8 Å². The highest BCUT2D eigenvalue weighted by atomic mass is 32.2. The quantitative estimate of drug-likeness (QED) is 0.789. The van der Waals surface area contributed by atoms with Crippen LogP contribution < -0.4 is 0 Å². The Labute approximate surface area is 119 Å². The van der Waals surface area contributed by atoms with E-state index in [1.54, 1.807) is 0 Å². The topological polar surface area (TPSA) is 30.7 Å². The Morgan fingerprint density at radius 2 is 2.05 bits per heavy atom. The van der Waals surface area contributed by atoms with Gasteiger partial charge in [0.15, 0.2) is 0 Å². The first-order valence-electron chi connectivity index (χ1n) is 7.01. The molecule has 1 unspecified atom stereocenters. The standard InChI is InChI=1S/C15H23N3S/c1-5-6-11-15(19-4,12(2)3)18-14-10-8-7-9-13(14)16-17-18/h7-10,12H,5-6,11H2,1-4H3. The molecule has 2 rings (SSSR count). The second kappa shape index (κ2) is 5.95. The van der Waals surface area contributed by atoms with Gasteiger partial charge in [-0.05, 0) is 30.7 Å². The van der Waals surface area contributed by atoms with Gasteiger partial charge >= 0.3 is 0 Å². The molecule has 0 saturated heterocycles. The van der Waals surface area contributed by atoms with E-state index in [-0.39, 0.29) is 4.87 Å². The van der Waals surface area contributed by atoms with Crippen LogP contribution in [0.2, 0.25) is 0 Å². The molecule has 19 heavy (non-hydrogen) atoms. The van der Waals surface area contributed by atoms with Crippen molar-refractivity contribution in [2.45, 2.75) is 44.9 Å². The molecule has 0 aliphatic heterocycles. The Balaban J connectivity index is 2.53. The predicted octanol–water partition coefficient (Wildman–Crippen LogP) is 4.29. The number of aromatic nitrogens is 3. The van der Waals surface area contributed by atoms with Crippen LogP contribution >= 0.6 is 11.8 Å². The van der Waals surface area contributed by atoms with E-state index < -0.39 is 0 Å². The van der Waals surface area contributed by atoms with Gasteiger partial charge in [-0.2, -0.15) is 0 Å². The summed E-state index contributed by atoms with van der Waals surface area (Å²) in [6, 6.07) is 8.23. The van der Waals surface area contributed by atoms with Gasteiger partial charge in [0, 0.05) is 0 Å². The average Bonchev–Trinajstić information content (AvgIpc) is 2.84. The van der Waals surface area contributed by atoms with Crippen LogP contribution in [0.25, 0.3) is 11.0 Å². The summed E-state index contributed by atoms with van der Waals surface area (Å²) < 4.78 is 2.15. The number of unbranched alkanes of at least 4 members (excludes halogenated alkanes) is 1. The Bertz CT molecular complexity index is 535. The Kier molecular flexibility index (Phi) is 4.50. The highest BCUT2D eigenvalue weighted by molar-refractivity contribution is 7.99. The molecule has 0 spiro atoms. The first kappa shape index (κ1) is 14.4. The van der Waals surface area contributed by atoms with Gasteiger partial charge in [0.05, 0.1) is 5.52 Å². The highest BCUT2D eigenvalue weighted by Crippen LogP contribution is 2.42. The third-order valence-electron chi connectivity index (χ3n) is 3.85. The minimum absolute atomic E-state index is 0.00606. The summed E-state index contributed by atoms with van der Waals surface area (Å²) in [5.74, 6) is 0.513. The number of benzene rings is 1. The zero-order valence-corrected chi connectivity index (χ0v) is 13.1.